The number of amides is 1. The largest absolute Gasteiger partial charge is 0.379 e. The maximum Gasteiger partial charge on any atom is 0.226 e. The minimum Gasteiger partial charge on any atom is -0.379 e. The highest BCUT2D eigenvalue weighted by molar-refractivity contribution is 7.11. The Morgan fingerprint density at radius 1 is 1.40 bits per heavy atom. The fraction of sp³-hybridized carbons (Fsp3) is 0.500. The van der Waals surface area contributed by atoms with Crippen molar-refractivity contribution in [1.82, 2.24) is 20.2 Å². The van der Waals surface area contributed by atoms with Gasteiger partial charge in [-0.05, 0) is 25.5 Å². The standard InChI is InChI=1S/C18H24N4O2S/c1-13-16(21-14(2)25-13)10-18(23)20-12-17(15-4-3-5-19-11-15)22-6-8-24-9-7-22/h3-5,11,17H,6-10,12H2,1-2H3,(H,20,23)/t17-/m0/s1. The summed E-state index contributed by atoms with van der Waals surface area (Å²) in [5.74, 6) is 0.00977. The number of nitrogens with zero attached hydrogens (tertiary/aromatic N) is 3. The van der Waals surface area contributed by atoms with E-state index in [1.165, 1.54) is 0 Å². The first-order chi connectivity index (χ1) is 12.1. The summed E-state index contributed by atoms with van der Waals surface area (Å²) >= 11 is 1.63. The first-order valence-corrected chi connectivity index (χ1v) is 9.36. The fourth-order valence-electron chi connectivity index (χ4n) is 3.08. The quantitative estimate of drug-likeness (QED) is 0.852. The van der Waals surface area contributed by atoms with E-state index in [-0.39, 0.29) is 11.9 Å². The molecule has 25 heavy (non-hydrogen) atoms. The third kappa shape index (κ3) is 4.84. The van der Waals surface area contributed by atoms with Crippen LogP contribution in [0.1, 0.15) is 27.2 Å². The molecule has 0 aliphatic carbocycles. The lowest BCUT2D eigenvalue weighted by molar-refractivity contribution is -0.120. The number of hydrogen-bond donors (Lipinski definition) is 1. The van der Waals surface area contributed by atoms with Crippen LogP contribution in [-0.4, -0.2) is 53.6 Å². The van der Waals surface area contributed by atoms with Crippen LogP contribution in [0.3, 0.4) is 0 Å². The Morgan fingerprint density at radius 3 is 2.84 bits per heavy atom. The van der Waals surface area contributed by atoms with Crippen LogP contribution in [0.25, 0.3) is 0 Å². The topological polar surface area (TPSA) is 67.4 Å². The summed E-state index contributed by atoms with van der Waals surface area (Å²) in [4.78, 5) is 24.5. The second-order valence-corrected chi connectivity index (χ2v) is 7.57. The Kier molecular flexibility index (Phi) is 6.12. The van der Waals surface area contributed by atoms with E-state index < -0.39 is 0 Å². The molecule has 3 heterocycles. The number of hydrogen-bond acceptors (Lipinski definition) is 6. The third-order valence-electron chi connectivity index (χ3n) is 4.38. The summed E-state index contributed by atoms with van der Waals surface area (Å²) in [5, 5.41) is 4.08. The average Bonchev–Trinajstić information content (AvgIpc) is 2.94. The molecule has 134 valence electrons. The summed E-state index contributed by atoms with van der Waals surface area (Å²) in [6, 6.07) is 4.11. The molecule has 2 aromatic rings. The van der Waals surface area contributed by atoms with Gasteiger partial charge in [0, 0.05) is 36.9 Å². The van der Waals surface area contributed by atoms with Gasteiger partial charge in [-0.15, -0.1) is 11.3 Å². The summed E-state index contributed by atoms with van der Waals surface area (Å²) in [6.45, 7) is 7.71. The Hall–Kier alpha value is -1.83. The van der Waals surface area contributed by atoms with E-state index in [2.05, 4.69) is 26.3 Å². The highest BCUT2D eigenvalue weighted by Gasteiger charge is 2.23. The third-order valence-corrected chi connectivity index (χ3v) is 5.30. The number of thiazole rings is 1. The number of ether oxygens (including phenoxy) is 1. The van der Waals surface area contributed by atoms with Gasteiger partial charge in [-0.3, -0.25) is 14.7 Å². The van der Waals surface area contributed by atoms with Crippen LogP contribution < -0.4 is 5.32 Å². The molecule has 0 saturated carbocycles. The molecular formula is C18H24N4O2S. The number of pyridine rings is 1. The molecule has 0 bridgehead atoms. The smallest absolute Gasteiger partial charge is 0.226 e. The molecule has 3 rings (SSSR count). The van der Waals surface area contributed by atoms with Crippen LogP contribution in [0, 0.1) is 13.8 Å². The zero-order valence-electron chi connectivity index (χ0n) is 14.7. The zero-order valence-corrected chi connectivity index (χ0v) is 15.5. The molecule has 2 aromatic heterocycles. The Balaban J connectivity index is 1.63. The first kappa shape index (κ1) is 18.0. The van der Waals surface area contributed by atoms with Crippen molar-refractivity contribution < 1.29 is 9.53 Å². The molecule has 1 saturated heterocycles. The van der Waals surface area contributed by atoms with Gasteiger partial charge in [-0.25, -0.2) is 4.98 Å². The van der Waals surface area contributed by atoms with Crippen LogP contribution in [0.2, 0.25) is 0 Å². The molecule has 0 radical (unpaired) electrons. The minimum absolute atomic E-state index is 0.00977. The van der Waals surface area contributed by atoms with Crippen LogP contribution in [0.5, 0.6) is 0 Å². The molecule has 6 nitrogen and oxygen atoms in total. The number of nitrogens with one attached hydrogen (secondary N) is 1. The van der Waals surface area contributed by atoms with Gasteiger partial charge >= 0.3 is 0 Å². The monoisotopic (exact) mass is 360 g/mol. The molecule has 1 fully saturated rings. The van der Waals surface area contributed by atoms with Crippen LogP contribution in [0.4, 0.5) is 0 Å². The van der Waals surface area contributed by atoms with Crippen molar-refractivity contribution in [2.75, 3.05) is 32.8 Å². The highest BCUT2D eigenvalue weighted by Crippen LogP contribution is 2.21. The molecule has 1 atom stereocenters. The summed E-state index contributed by atoms with van der Waals surface area (Å²) in [6.07, 6.45) is 3.98. The van der Waals surface area contributed by atoms with Gasteiger partial charge < -0.3 is 10.1 Å². The van der Waals surface area contributed by atoms with Gasteiger partial charge in [0.1, 0.15) is 0 Å². The van der Waals surface area contributed by atoms with Gasteiger partial charge in [0.05, 0.1) is 36.4 Å². The second kappa shape index (κ2) is 8.51. The van der Waals surface area contributed by atoms with Crippen LogP contribution in [0.15, 0.2) is 24.5 Å². The Labute approximate surface area is 152 Å². The zero-order chi connectivity index (χ0) is 17.6. The number of carbonyl (C=O) groups excluding carboxylic acids is 1. The number of rotatable bonds is 6. The maximum absolute atomic E-state index is 12.4. The number of aryl methyl sites for hydroxylation is 2. The number of carbonyl (C=O) groups is 1. The molecule has 1 N–H and O–H groups in total. The lowest BCUT2D eigenvalue weighted by atomic mass is 10.1. The molecule has 1 amide bonds. The SMILES string of the molecule is Cc1nc(CC(=O)NC[C@@H](c2cccnc2)N2CCOCC2)c(C)s1. The Bertz CT molecular complexity index is 698. The normalized spacial score (nSPS) is 16.6. The van der Waals surface area contributed by atoms with Gasteiger partial charge in [0.25, 0.3) is 0 Å². The molecule has 1 aliphatic rings. The molecule has 0 spiro atoms. The van der Waals surface area contributed by atoms with E-state index in [1.54, 1.807) is 17.5 Å². The predicted molar refractivity (Wildman–Crippen MR) is 97.7 cm³/mol. The molecule has 0 unspecified atom stereocenters. The van der Waals surface area contributed by atoms with E-state index in [0.717, 1.165) is 47.4 Å². The number of aromatic nitrogens is 2. The van der Waals surface area contributed by atoms with Crippen LogP contribution >= 0.6 is 11.3 Å². The van der Waals surface area contributed by atoms with Crippen molar-refractivity contribution in [1.29, 1.82) is 0 Å². The lowest BCUT2D eigenvalue weighted by Gasteiger charge is -2.34. The Morgan fingerprint density at radius 2 is 2.20 bits per heavy atom. The minimum atomic E-state index is 0.00977. The van der Waals surface area contributed by atoms with Crippen molar-refractivity contribution in [2.45, 2.75) is 26.3 Å². The van der Waals surface area contributed by atoms with Gasteiger partial charge in [0.15, 0.2) is 0 Å². The molecule has 1 aliphatic heterocycles. The molecule has 7 heteroatoms. The van der Waals surface area contributed by atoms with E-state index in [9.17, 15) is 4.79 Å². The van der Waals surface area contributed by atoms with Crippen molar-refractivity contribution >= 4 is 17.2 Å². The van der Waals surface area contributed by atoms with E-state index in [1.807, 2.05) is 26.1 Å². The van der Waals surface area contributed by atoms with Gasteiger partial charge in [-0.2, -0.15) is 0 Å². The van der Waals surface area contributed by atoms with Crippen LogP contribution in [-0.2, 0) is 16.0 Å². The van der Waals surface area contributed by atoms with E-state index in [0.29, 0.717) is 13.0 Å². The van der Waals surface area contributed by atoms with E-state index >= 15 is 0 Å². The maximum atomic E-state index is 12.4. The van der Waals surface area contributed by atoms with Gasteiger partial charge in [0.2, 0.25) is 5.91 Å². The van der Waals surface area contributed by atoms with Crippen molar-refractivity contribution in [3.05, 3.63) is 45.7 Å². The highest BCUT2D eigenvalue weighted by atomic mass is 32.1. The first-order valence-electron chi connectivity index (χ1n) is 8.55. The average molecular weight is 360 g/mol. The fourth-order valence-corrected chi connectivity index (χ4v) is 3.92. The van der Waals surface area contributed by atoms with Crippen molar-refractivity contribution in [3.63, 3.8) is 0 Å². The summed E-state index contributed by atoms with van der Waals surface area (Å²) in [7, 11) is 0. The summed E-state index contributed by atoms with van der Waals surface area (Å²) < 4.78 is 5.45. The molecular weight excluding hydrogens is 336 g/mol. The van der Waals surface area contributed by atoms with Crippen molar-refractivity contribution in [2.24, 2.45) is 0 Å². The lowest BCUT2D eigenvalue weighted by Crippen LogP contribution is -2.44. The molecule has 0 aromatic carbocycles. The van der Waals surface area contributed by atoms with Crippen molar-refractivity contribution in [3.8, 4) is 0 Å². The predicted octanol–water partition coefficient (Wildman–Crippen LogP) is 1.89. The van der Waals surface area contributed by atoms with Gasteiger partial charge in [-0.1, -0.05) is 6.07 Å². The van der Waals surface area contributed by atoms with E-state index in [4.69, 9.17) is 4.74 Å². The number of morpholine rings is 1. The second-order valence-electron chi connectivity index (χ2n) is 6.17. The summed E-state index contributed by atoms with van der Waals surface area (Å²) in [5.41, 5.74) is 2.00.